The lowest BCUT2D eigenvalue weighted by Crippen LogP contribution is -2.45. The lowest BCUT2D eigenvalue weighted by molar-refractivity contribution is -0.120. The van der Waals surface area contributed by atoms with Gasteiger partial charge in [-0.15, -0.1) is 11.3 Å². The van der Waals surface area contributed by atoms with Crippen molar-refractivity contribution in [3.8, 4) is 11.3 Å². The highest BCUT2D eigenvalue weighted by atomic mass is 32.1. The molecular weight excluding hydrogens is 342 g/mol. The van der Waals surface area contributed by atoms with E-state index in [4.69, 9.17) is 0 Å². The van der Waals surface area contributed by atoms with E-state index < -0.39 is 0 Å². The summed E-state index contributed by atoms with van der Waals surface area (Å²) >= 11 is 1.67. The SMILES string of the molecule is Cc1nc(-c2ccc3c(c2)CCN3C(=O)CN(C)C(C)C(C)(C)C)cs1. The third-order valence-corrected chi connectivity index (χ3v) is 6.26. The topological polar surface area (TPSA) is 36.4 Å². The summed E-state index contributed by atoms with van der Waals surface area (Å²) in [6.45, 7) is 12.1. The number of likely N-dealkylation sites (N-methyl/N-ethyl adjacent to an activating group) is 1. The number of rotatable bonds is 4. The molecule has 0 bridgehead atoms. The predicted molar refractivity (Wildman–Crippen MR) is 110 cm³/mol. The number of carbonyl (C=O) groups excluding carboxylic acids is 1. The molecule has 140 valence electrons. The van der Waals surface area contributed by atoms with E-state index in [9.17, 15) is 4.79 Å². The van der Waals surface area contributed by atoms with Gasteiger partial charge in [-0.3, -0.25) is 9.69 Å². The van der Waals surface area contributed by atoms with E-state index in [-0.39, 0.29) is 11.3 Å². The molecule has 0 N–H and O–H groups in total. The second-order valence-electron chi connectivity index (χ2n) is 8.35. The molecule has 0 radical (unpaired) electrons. The quantitative estimate of drug-likeness (QED) is 0.800. The molecule has 2 heterocycles. The average molecular weight is 372 g/mol. The molecule has 1 amide bonds. The minimum atomic E-state index is 0.151. The second kappa shape index (κ2) is 7.12. The minimum Gasteiger partial charge on any atom is -0.311 e. The third kappa shape index (κ3) is 3.84. The van der Waals surface area contributed by atoms with E-state index in [1.807, 2.05) is 18.9 Å². The third-order valence-electron chi connectivity index (χ3n) is 5.49. The molecule has 0 spiro atoms. The van der Waals surface area contributed by atoms with Crippen LogP contribution < -0.4 is 4.90 Å². The summed E-state index contributed by atoms with van der Waals surface area (Å²) in [5.41, 5.74) is 4.62. The van der Waals surface area contributed by atoms with Crippen LogP contribution in [0.25, 0.3) is 11.3 Å². The van der Waals surface area contributed by atoms with Crippen LogP contribution in [0.15, 0.2) is 23.6 Å². The first-order chi connectivity index (χ1) is 12.2. The van der Waals surface area contributed by atoms with Gasteiger partial charge in [0.15, 0.2) is 0 Å². The highest BCUT2D eigenvalue weighted by Crippen LogP contribution is 2.33. The van der Waals surface area contributed by atoms with Crippen LogP contribution >= 0.6 is 11.3 Å². The van der Waals surface area contributed by atoms with Gasteiger partial charge in [-0.1, -0.05) is 26.8 Å². The number of thiazole rings is 1. The maximum atomic E-state index is 12.9. The van der Waals surface area contributed by atoms with Gasteiger partial charge < -0.3 is 4.90 Å². The zero-order chi connectivity index (χ0) is 19.1. The molecule has 0 fully saturated rings. The number of hydrogen-bond donors (Lipinski definition) is 0. The summed E-state index contributed by atoms with van der Waals surface area (Å²) in [6, 6.07) is 6.69. The van der Waals surface area contributed by atoms with Crippen molar-refractivity contribution in [1.82, 2.24) is 9.88 Å². The fourth-order valence-corrected chi connectivity index (χ4v) is 4.03. The van der Waals surface area contributed by atoms with Crippen LogP contribution in [-0.4, -0.2) is 42.0 Å². The highest BCUT2D eigenvalue weighted by molar-refractivity contribution is 7.09. The van der Waals surface area contributed by atoms with Gasteiger partial charge >= 0.3 is 0 Å². The van der Waals surface area contributed by atoms with Crippen LogP contribution in [0.2, 0.25) is 0 Å². The summed E-state index contributed by atoms with van der Waals surface area (Å²) < 4.78 is 0. The number of aryl methyl sites for hydroxylation is 1. The first-order valence-electron chi connectivity index (χ1n) is 9.23. The van der Waals surface area contributed by atoms with Crippen LogP contribution in [0, 0.1) is 12.3 Å². The van der Waals surface area contributed by atoms with Crippen molar-refractivity contribution >= 4 is 22.9 Å². The van der Waals surface area contributed by atoms with Crippen LogP contribution in [0.3, 0.4) is 0 Å². The van der Waals surface area contributed by atoms with E-state index >= 15 is 0 Å². The Morgan fingerprint density at radius 3 is 2.73 bits per heavy atom. The van der Waals surface area contributed by atoms with E-state index in [1.165, 1.54) is 5.56 Å². The Morgan fingerprint density at radius 1 is 1.38 bits per heavy atom. The van der Waals surface area contributed by atoms with Crippen LogP contribution in [-0.2, 0) is 11.2 Å². The second-order valence-corrected chi connectivity index (χ2v) is 9.41. The number of benzene rings is 1. The Balaban J connectivity index is 1.74. The van der Waals surface area contributed by atoms with Crippen LogP contribution in [0.1, 0.15) is 38.3 Å². The Hall–Kier alpha value is -1.72. The van der Waals surface area contributed by atoms with Gasteiger partial charge in [0, 0.05) is 29.2 Å². The van der Waals surface area contributed by atoms with Crippen LogP contribution in [0.4, 0.5) is 5.69 Å². The first kappa shape index (κ1) is 19.1. The summed E-state index contributed by atoms with van der Waals surface area (Å²) in [5, 5.41) is 3.17. The van der Waals surface area contributed by atoms with Gasteiger partial charge in [0.05, 0.1) is 17.2 Å². The summed E-state index contributed by atoms with van der Waals surface area (Å²) in [4.78, 5) is 21.6. The standard InChI is InChI=1S/C21H29N3OS/c1-14(21(3,4)5)23(6)12-20(25)24-10-9-17-11-16(7-8-19(17)24)18-13-26-15(2)22-18/h7-8,11,13-14H,9-10,12H2,1-6H3. The predicted octanol–water partition coefficient (Wildman–Crippen LogP) is 4.37. The molecule has 1 unspecified atom stereocenters. The maximum Gasteiger partial charge on any atom is 0.241 e. The maximum absolute atomic E-state index is 12.9. The molecule has 1 aromatic carbocycles. The Labute approximate surface area is 160 Å². The minimum absolute atomic E-state index is 0.151. The molecule has 0 saturated carbocycles. The highest BCUT2D eigenvalue weighted by Gasteiger charge is 2.29. The molecule has 4 nitrogen and oxygen atoms in total. The number of nitrogens with zero attached hydrogens (tertiary/aromatic N) is 3. The van der Waals surface area contributed by atoms with Gasteiger partial charge in [0.1, 0.15) is 0 Å². The number of aromatic nitrogens is 1. The summed E-state index contributed by atoms with van der Waals surface area (Å²) in [6.07, 6.45) is 0.913. The number of carbonyl (C=O) groups is 1. The first-order valence-corrected chi connectivity index (χ1v) is 10.1. The van der Waals surface area contributed by atoms with Crippen molar-refractivity contribution in [2.24, 2.45) is 5.41 Å². The van der Waals surface area contributed by atoms with Crippen molar-refractivity contribution in [2.45, 2.75) is 47.1 Å². The van der Waals surface area contributed by atoms with Crippen molar-refractivity contribution < 1.29 is 4.79 Å². The zero-order valence-corrected chi connectivity index (χ0v) is 17.5. The van der Waals surface area contributed by atoms with Gasteiger partial charge in [0.2, 0.25) is 5.91 Å². The van der Waals surface area contributed by atoms with Gasteiger partial charge in [-0.05, 0) is 50.4 Å². The van der Waals surface area contributed by atoms with Gasteiger partial charge in [-0.2, -0.15) is 0 Å². The van der Waals surface area contributed by atoms with Crippen molar-refractivity contribution in [1.29, 1.82) is 0 Å². The molecule has 0 aliphatic carbocycles. The zero-order valence-electron chi connectivity index (χ0n) is 16.7. The van der Waals surface area contributed by atoms with E-state index in [1.54, 1.807) is 11.3 Å². The fourth-order valence-electron chi connectivity index (χ4n) is 3.41. The summed E-state index contributed by atoms with van der Waals surface area (Å²) in [5.74, 6) is 0.180. The number of hydrogen-bond acceptors (Lipinski definition) is 4. The molecule has 1 atom stereocenters. The Bertz CT molecular complexity index is 806. The smallest absolute Gasteiger partial charge is 0.241 e. The van der Waals surface area contributed by atoms with Crippen molar-refractivity contribution in [3.63, 3.8) is 0 Å². The van der Waals surface area contributed by atoms with E-state index in [0.29, 0.717) is 12.6 Å². The summed E-state index contributed by atoms with van der Waals surface area (Å²) in [7, 11) is 2.04. The molecule has 0 saturated heterocycles. The normalized spacial score (nSPS) is 15.4. The van der Waals surface area contributed by atoms with Gasteiger partial charge in [-0.25, -0.2) is 4.98 Å². The molecular formula is C21H29N3OS. The molecule has 26 heavy (non-hydrogen) atoms. The molecule has 1 aromatic heterocycles. The van der Waals surface area contributed by atoms with Crippen molar-refractivity contribution in [2.75, 3.05) is 25.0 Å². The lowest BCUT2D eigenvalue weighted by atomic mass is 9.87. The number of anilines is 1. The van der Waals surface area contributed by atoms with E-state index in [0.717, 1.165) is 34.9 Å². The molecule has 1 aliphatic rings. The van der Waals surface area contributed by atoms with Crippen molar-refractivity contribution in [3.05, 3.63) is 34.2 Å². The van der Waals surface area contributed by atoms with Gasteiger partial charge in [0.25, 0.3) is 0 Å². The number of amides is 1. The van der Waals surface area contributed by atoms with Crippen LogP contribution in [0.5, 0.6) is 0 Å². The largest absolute Gasteiger partial charge is 0.311 e. The molecule has 1 aliphatic heterocycles. The fraction of sp³-hybridized carbons (Fsp3) is 0.524. The Kier molecular flexibility index (Phi) is 5.22. The number of fused-ring (bicyclic) bond motifs is 1. The monoisotopic (exact) mass is 371 g/mol. The van der Waals surface area contributed by atoms with E-state index in [2.05, 4.69) is 61.2 Å². The lowest BCUT2D eigenvalue weighted by Gasteiger charge is -2.35. The molecule has 2 aromatic rings. The molecule has 3 rings (SSSR count). The molecule has 5 heteroatoms. The Morgan fingerprint density at radius 2 is 2.12 bits per heavy atom. The average Bonchev–Trinajstić information content (AvgIpc) is 3.18.